The monoisotopic (exact) mass is 509 g/mol. The number of fused-ring (bicyclic) bond motifs is 1. The van der Waals surface area contributed by atoms with Gasteiger partial charge in [-0.15, -0.1) is 0 Å². The van der Waals surface area contributed by atoms with Crippen LogP contribution in [0.5, 0.6) is 0 Å². The molecule has 0 saturated carbocycles. The lowest BCUT2D eigenvalue weighted by atomic mass is 9.72. The van der Waals surface area contributed by atoms with Gasteiger partial charge >= 0.3 is 0 Å². The number of hydrogen-bond acceptors (Lipinski definition) is 4. The van der Waals surface area contributed by atoms with E-state index in [4.69, 9.17) is 10.2 Å². The molecule has 2 aromatic carbocycles. The summed E-state index contributed by atoms with van der Waals surface area (Å²) >= 11 is 0. The zero-order valence-electron chi connectivity index (χ0n) is 23.2. The Kier molecular flexibility index (Phi) is 6.99. The summed E-state index contributed by atoms with van der Waals surface area (Å²) in [7, 11) is 0. The second-order valence-corrected chi connectivity index (χ2v) is 11.3. The van der Waals surface area contributed by atoms with E-state index in [1.54, 1.807) is 6.20 Å². The maximum Gasteiger partial charge on any atom is 0.169 e. The quantitative estimate of drug-likeness (QED) is 0.245. The topological polar surface area (TPSA) is 64.7 Å². The minimum absolute atomic E-state index is 0.127. The number of aryl methyl sites for hydroxylation is 1. The van der Waals surface area contributed by atoms with Crippen molar-refractivity contribution in [1.29, 1.82) is 0 Å². The number of Topliss-reactive ketones (excluding diaryl/α,β-unsaturated/α-hetero) is 1. The first-order chi connectivity index (χ1) is 18.3. The summed E-state index contributed by atoms with van der Waals surface area (Å²) in [6, 6.07) is 21.0. The Morgan fingerprint density at radius 2 is 1.71 bits per heavy atom. The molecule has 1 aliphatic heterocycles. The molecule has 1 aliphatic rings. The molecule has 0 fully saturated rings. The molecule has 6 heteroatoms. The van der Waals surface area contributed by atoms with Crippen molar-refractivity contribution in [3.63, 3.8) is 0 Å². The fraction of sp³-hybridized carbons (Fsp3) is 0.406. The van der Waals surface area contributed by atoms with E-state index in [1.807, 2.05) is 21.5 Å². The lowest BCUT2D eigenvalue weighted by Gasteiger charge is -2.38. The molecule has 38 heavy (non-hydrogen) atoms. The number of aromatic nitrogens is 4. The lowest BCUT2D eigenvalue weighted by Crippen LogP contribution is -2.38. The van der Waals surface area contributed by atoms with E-state index in [0.717, 1.165) is 37.3 Å². The Hall–Kier alpha value is -3.67. The van der Waals surface area contributed by atoms with Crippen LogP contribution in [-0.4, -0.2) is 25.3 Å². The van der Waals surface area contributed by atoms with Gasteiger partial charge in [0.05, 0.1) is 35.6 Å². The van der Waals surface area contributed by atoms with E-state index in [9.17, 15) is 4.79 Å². The van der Waals surface area contributed by atoms with Crippen molar-refractivity contribution in [2.75, 3.05) is 5.32 Å². The van der Waals surface area contributed by atoms with Crippen molar-refractivity contribution in [2.45, 2.75) is 83.8 Å². The molecule has 4 aromatic rings. The number of carbonyl (C=O) groups is 1. The van der Waals surface area contributed by atoms with E-state index in [-0.39, 0.29) is 22.8 Å². The summed E-state index contributed by atoms with van der Waals surface area (Å²) in [4.78, 5) is 14.0. The lowest BCUT2D eigenvalue weighted by molar-refractivity contribution is 0.0944. The van der Waals surface area contributed by atoms with Gasteiger partial charge in [-0.25, -0.2) is 4.68 Å². The number of ketones is 1. The van der Waals surface area contributed by atoms with Gasteiger partial charge < -0.3 is 5.32 Å². The van der Waals surface area contributed by atoms with Gasteiger partial charge in [-0.1, -0.05) is 74.5 Å². The van der Waals surface area contributed by atoms with Crippen molar-refractivity contribution in [3.8, 4) is 0 Å². The average molecular weight is 510 g/mol. The van der Waals surface area contributed by atoms with Crippen LogP contribution in [0, 0.1) is 6.92 Å². The first-order valence-electron chi connectivity index (χ1n) is 13.8. The Morgan fingerprint density at radius 3 is 2.37 bits per heavy atom. The van der Waals surface area contributed by atoms with Crippen molar-refractivity contribution < 1.29 is 4.79 Å². The highest BCUT2D eigenvalue weighted by molar-refractivity contribution is 6.01. The molecule has 3 heterocycles. The number of hydrogen-bond donors (Lipinski definition) is 1. The Labute approximate surface area is 226 Å². The Balaban J connectivity index is 1.44. The van der Waals surface area contributed by atoms with Crippen LogP contribution in [0.1, 0.15) is 92.2 Å². The number of nitrogens with zero attached hydrogens (tertiary/aromatic N) is 4. The van der Waals surface area contributed by atoms with Gasteiger partial charge in [0.1, 0.15) is 5.82 Å². The zero-order chi connectivity index (χ0) is 26.9. The highest BCUT2D eigenvalue weighted by Crippen LogP contribution is 2.42. The van der Waals surface area contributed by atoms with Crippen LogP contribution in [-0.2, 0) is 17.5 Å². The fourth-order valence-electron chi connectivity index (χ4n) is 6.11. The van der Waals surface area contributed by atoms with Gasteiger partial charge in [-0.05, 0) is 56.7 Å². The molecule has 0 aliphatic carbocycles. The molecule has 0 spiro atoms. The predicted molar refractivity (Wildman–Crippen MR) is 153 cm³/mol. The van der Waals surface area contributed by atoms with Gasteiger partial charge in [0.15, 0.2) is 5.78 Å². The van der Waals surface area contributed by atoms with Gasteiger partial charge in [0.25, 0.3) is 0 Å². The van der Waals surface area contributed by atoms with E-state index in [2.05, 4.69) is 94.7 Å². The summed E-state index contributed by atoms with van der Waals surface area (Å²) in [5.74, 6) is 0.958. The maximum atomic E-state index is 14.0. The van der Waals surface area contributed by atoms with E-state index >= 15 is 0 Å². The first kappa shape index (κ1) is 26.0. The smallest absolute Gasteiger partial charge is 0.169 e. The number of rotatable bonds is 9. The van der Waals surface area contributed by atoms with Crippen LogP contribution >= 0.6 is 0 Å². The molecule has 6 nitrogen and oxygen atoms in total. The normalized spacial score (nSPS) is 16.6. The molecule has 1 atom stereocenters. The minimum Gasteiger partial charge on any atom is -0.363 e. The van der Waals surface area contributed by atoms with Crippen LogP contribution in [0.4, 0.5) is 5.82 Å². The highest BCUT2D eigenvalue weighted by atomic mass is 16.1. The van der Waals surface area contributed by atoms with Crippen molar-refractivity contribution in [2.24, 2.45) is 0 Å². The molecule has 1 unspecified atom stereocenters. The molecule has 198 valence electrons. The molecule has 0 saturated heterocycles. The van der Waals surface area contributed by atoms with Crippen LogP contribution in [0.3, 0.4) is 0 Å². The molecule has 0 bridgehead atoms. The molecule has 5 rings (SSSR count). The second kappa shape index (κ2) is 10.2. The molecular formula is C32H39N5O. The van der Waals surface area contributed by atoms with E-state index in [0.29, 0.717) is 12.0 Å². The molecule has 0 radical (unpaired) electrons. The first-order valence-corrected chi connectivity index (χ1v) is 13.8. The standard InChI is InChI=1S/C32H39N5O/c1-6-32(7-2,27-22-36(35-23(27)3)21-24-14-10-8-11-15-24)19-29(38)26-20-33-37-30(26)34-28(18-31(37,4)5)25-16-12-9-13-17-25/h8-17,20,22,28,34H,6-7,18-19,21H2,1-5H3. The van der Waals surface area contributed by atoms with Crippen LogP contribution in [0.25, 0.3) is 0 Å². The summed E-state index contributed by atoms with van der Waals surface area (Å²) in [6.45, 7) is 11.5. The highest BCUT2D eigenvalue weighted by Gasteiger charge is 2.39. The summed E-state index contributed by atoms with van der Waals surface area (Å²) < 4.78 is 4.02. The number of nitrogens with one attached hydrogen (secondary N) is 1. The van der Waals surface area contributed by atoms with Gasteiger partial charge in [-0.3, -0.25) is 9.48 Å². The Bertz CT molecular complexity index is 1400. The third-order valence-electron chi connectivity index (χ3n) is 8.42. The fourth-order valence-corrected chi connectivity index (χ4v) is 6.11. The molecule has 0 amide bonds. The van der Waals surface area contributed by atoms with Crippen LogP contribution < -0.4 is 5.32 Å². The van der Waals surface area contributed by atoms with Gasteiger partial charge in [0.2, 0.25) is 0 Å². The third kappa shape index (κ3) is 4.80. The number of carbonyl (C=O) groups excluding carboxylic acids is 1. The SMILES string of the molecule is CCC(CC)(CC(=O)c1cnn2c1NC(c1ccccc1)CC2(C)C)c1cn(Cc2ccccc2)nc1C. The average Bonchev–Trinajstić information content (AvgIpc) is 3.52. The van der Waals surface area contributed by atoms with Crippen LogP contribution in [0.2, 0.25) is 0 Å². The molecular weight excluding hydrogens is 470 g/mol. The molecule has 1 N–H and O–H groups in total. The molecule has 2 aromatic heterocycles. The second-order valence-electron chi connectivity index (χ2n) is 11.3. The summed E-state index contributed by atoms with van der Waals surface area (Å²) in [5, 5.41) is 13.2. The minimum atomic E-state index is -0.284. The van der Waals surface area contributed by atoms with Crippen LogP contribution in [0.15, 0.2) is 73.1 Å². The van der Waals surface area contributed by atoms with Gasteiger partial charge in [0, 0.05) is 18.0 Å². The summed E-state index contributed by atoms with van der Waals surface area (Å²) in [6.07, 6.45) is 6.97. The van der Waals surface area contributed by atoms with E-state index < -0.39 is 0 Å². The van der Waals surface area contributed by atoms with Crippen molar-refractivity contribution in [3.05, 3.63) is 101 Å². The maximum absolute atomic E-state index is 14.0. The third-order valence-corrected chi connectivity index (χ3v) is 8.42. The van der Waals surface area contributed by atoms with E-state index in [1.165, 1.54) is 16.7 Å². The zero-order valence-corrected chi connectivity index (χ0v) is 23.2. The van der Waals surface area contributed by atoms with Gasteiger partial charge in [-0.2, -0.15) is 10.2 Å². The number of anilines is 1. The van der Waals surface area contributed by atoms with Crippen molar-refractivity contribution in [1.82, 2.24) is 19.6 Å². The van der Waals surface area contributed by atoms with Crippen molar-refractivity contribution >= 4 is 11.6 Å². The Morgan fingerprint density at radius 1 is 1.05 bits per heavy atom. The summed E-state index contributed by atoms with van der Waals surface area (Å²) in [5.41, 5.74) is 4.80. The largest absolute Gasteiger partial charge is 0.363 e. The number of benzene rings is 2. The predicted octanol–water partition coefficient (Wildman–Crippen LogP) is 7.06.